The Balaban J connectivity index is 0.00000264. The van der Waals surface area contributed by atoms with E-state index < -0.39 is 4.92 Å². The number of piperidine rings is 1. The second-order valence-electron chi connectivity index (χ2n) is 5.39. The van der Waals surface area contributed by atoms with Gasteiger partial charge in [0, 0.05) is 12.6 Å². The lowest BCUT2D eigenvalue weighted by Gasteiger charge is -2.22. The number of nitro groups is 1. The van der Waals surface area contributed by atoms with Gasteiger partial charge in [-0.2, -0.15) is 0 Å². The van der Waals surface area contributed by atoms with E-state index in [1.54, 1.807) is 6.07 Å². The van der Waals surface area contributed by atoms with E-state index in [0.29, 0.717) is 18.2 Å². The van der Waals surface area contributed by atoms with Gasteiger partial charge in [-0.3, -0.25) is 14.9 Å². The molecule has 0 radical (unpaired) electrons. The van der Waals surface area contributed by atoms with Crippen molar-refractivity contribution in [2.75, 3.05) is 26.2 Å². The van der Waals surface area contributed by atoms with Gasteiger partial charge in [-0.25, -0.2) is 0 Å². The van der Waals surface area contributed by atoms with Crippen LogP contribution in [0.4, 0.5) is 5.69 Å². The smallest absolute Gasteiger partial charge is 0.273 e. The first-order chi connectivity index (χ1) is 10.6. The molecule has 7 nitrogen and oxygen atoms in total. The van der Waals surface area contributed by atoms with E-state index in [2.05, 4.69) is 10.6 Å². The fourth-order valence-electron chi connectivity index (χ4n) is 2.47. The van der Waals surface area contributed by atoms with Crippen LogP contribution in [0.1, 0.15) is 19.3 Å². The van der Waals surface area contributed by atoms with Crippen molar-refractivity contribution in [1.82, 2.24) is 10.6 Å². The zero-order chi connectivity index (χ0) is 15.8. The first kappa shape index (κ1) is 19.2. The number of rotatable bonds is 7. The maximum atomic E-state index is 11.7. The van der Waals surface area contributed by atoms with Gasteiger partial charge in [0.25, 0.3) is 11.6 Å². The molecular weight excluding hydrogens is 322 g/mol. The summed E-state index contributed by atoms with van der Waals surface area (Å²) in [4.78, 5) is 21.8. The number of nitro benzene ring substituents is 1. The van der Waals surface area contributed by atoms with Crippen LogP contribution in [-0.2, 0) is 4.79 Å². The maximum Gasteiger partial charge on any atom is 0.273 e. The molecule has 0 aromatic heterocycles. The topological polar surface area (TPSA) is 93.5 Å². The highest BCUT2D eigenvalue weighted by Gasteiger charge is 2.13. The Morgan fingerprint density at radius 3 is 3.00 bits per heavy atom. The largest absolute Gasteiger partial charge is 0.484 e. The van der Waals surface area contributed by atoms with Crippen molar-refractivity contribution in [1.29, 1.82) is 0 Å². The van der Waals surface area contributed by atoms with E-state index in [1.807, 2.05) is 0 Å². The average Bonchev–Trinajstić information content (AvgIpc) is 2.54. The maximum absolute atomic E-state index is 11.7. The van der Waals surface area contributed by atoms with Gasteiger partial charge >= 0.3 is 0 Å². The molecule has 0 aliphatic carbocycles. The van der Waals surface area contributed by atoms with E-state index in [4.69, 9.17) is 4.74 Å². The van der Waals surface area contributed by atoms with E-state index in [1.165, 1.54) is 31.0 Å². The summed E-state index contributed by atoms with van der Waals surface area (Å²) < 4.78 is 5.27. The molecule has 2 N–H and O–H groups in total. The van der Waals surface area contributed by atoms with E-state index in [0.717, 1.165) is 19.5 Å². The molecule has 0 saturated carbocycles. The highest BCUT2D eigenvalue weighted by Crippen LogP contribution is 2.18. The number of nitrogens with zero attached hydrogens (tertiary/aromatic N) is 1. The molecule has 1 amide bonds. The normalized spacial score (nSPS) is 17.0. The van der Waals surface area contributed by atoms with Gasteiger partial charge in [0.2, 0.25) is 0 Å². The van der Waals surface area contributed by atoms with Gasteiger partial charge in [0.05, 0.1) is 11.0 Å². The fraction of sp³-hybridized carbons (Fsp3) is 0.533. The lowest BCUT2D eigenvalue weighted by molar-refractivity contribution is -0.384. The van der Waals surface area contributed by atoms with Crippen molar-refractivity contribution >= 4 is 24.0 Å². The standard InChI is InChI=1S/C15H21N3O4.ClH/c19-15(17-8-6-12-3-2-7-16-10-12)11-22-14-5-1-4-13(9-14)18(20)21;/h1,4-5,9,12,16H,2-3,6-8,10-11H2,(H,17,19);1H. The van der Waals surface area contributed by atoms with Crippen LogP contribution in [0, 0.1) is 16.0 Å². The van der Waals surface area contributed by atoms with Crippen molar-refractivity contribution in [2.24, 2.45) is 5.92 Å². The first-order valence-corrected chi connectivity index (χ1v) is 7.50. The fourth-order valence-corrected chi connectivity index (χ4v) is 2.47. The predicted octanol–water partition coefficient (Wildman–Crippen LogP) is 1.90. The minimum atomic E-state index is -0.495. The minimum Gasteiger partial charge on any atom is -0.484 e. The Labute approximate surface area is 141 Å². The number of ether oxygens (including phenoxy) is 1. The zero-order valence-electron chi connectivity index (χ0n) is 12.8. The van der Waals surface area contributed by atoms with Crippen molar-refractivity contribution < 1.29 is 14.5 Å². The first-order valence-electron chi connectivity index (χ1n) is 7.50. The lowest BCUT2D eigenvalue weighted by Crippen LogP contribution is -2.34. The number of amides is 1. The summed E-state index contributed by atoms with van der Waals surface area (Å²) in [6.07, 6.45) is 3.34. The Morgan fingerprint density at radius 1 is 1.48 bits per heavy atom. The molecule has 1 aromatic rings. The third-order valence-electron chi connectivity index (χ3n) is 3.67. The Kier molecular flexibility index (Phi) is 8.36. The number of carbonyl (C=O) groups is 1. The average molecular weight is 344 g/mol. The highest BCUT2D eigenvalue weighted by atomic mass is 35.5. The number of non-ortho nitro benzene ring substituents is 1. The van der Waals surface area contributed by atoms with E-state index in [-0.39, 0.29) is 30.6 Å². The Morgan fingerprint density at radius 2 is 2.30 bits per heavy atom. The second kappa shape index (κ2) is 10.0. The summed E-state index contributed by atoms with van der Waals surface area (Å²) >= 11 is 0. The molecule has 0 bridgehead atoms. The molecule has 1 unspecified atom stereocenters. The van der Waals surface area contributed by atoms with Crippen LogP contribution < -0.4 is 15.4 Å². The van der Waals surface area contributed by atoms with Gasteiger partial charge < -0.3 is 15.4 Å². The van der Waals surface area contributed by atoms with Crippen LogP contribution in [0.25, 0.3) is 0 Å². The summed E-state index contributed by atoms with van der Waals surface area (Å²) in [6.45, 7) is 2.59. The predicted molar refractivity (Wildman–Crippen MR) is 89.1 cm³/mol. The number of hydrogen-bond acceptors (Lipinski definition) is 5. The molecule has 1 saturated heterocycles. The molecule has 1 heterocycles. The molecule has 1 aliphatic rings. The van der Waals surface area contributed by atoms with Gasteiger partial charge in [0.15, 0.2) is 6.61 Å². The lowest BCUT2D eigenvalue weighted by atomic mass is 9.96. The number of benzene rings is 1. The third-order valence-corrected chi connectivity index (χ3v) is 3.67. The number of nitrogens with one attached hydrogen (secondary N) is 2. The van der Waals surface area contributed by atoms with E-state index in [9.17, 15) is 14.9 Å². The summed E-state index contributed by atoms with van der Waals surface area (Å²) in [5.74, 6) is 0.725. The van der Waals surface area contributed by atoms with Gasteiger partial charge in [-0.05, 0) is 44.3 Å². The van der Waals surface area contributed by atoms with Crippen LogP contribution in [0.2, 0.25) is 0 Å². The van der Waals surface area contributed by atoms with Crippen LogP contribution >= 0.6 is 12.4 Å². The minimum absolute atomic E-state index is 0. The second-order valence-corrected chi connectivity index (χ2v) is 5.39. The molecule has 128 valence electrons. The third kappa shape index (κ3) is 6.83. The number of carbonyl (C=O) groups excluding carboxylic acids is 1. The van der Waals surface area contributed by atoms with Crippen LogP contribution in [0.3, 0.4) is 0 Å². The molecule has 1 fully saturated rings. The molecule has 23 heavy (non-hydrogen) atoms. The summed E-state index contributed by atoms with van der Waals surface area (Å²) in [5.41, 5.74) is -0.0530. The summed E-state index contributed by atoms with van der Waals surface area (Å²) in [5, 5.41) is 16.8. The number of hydrogen-bond donors (Lipinski definition) is 2. The van der Waals surface area contributed by atoms with E-state index >= 15 is 0 Å². The number of halogens is 1. The van der Waals surface area contributed by atoms with Crippen molar-refractivity contribution in [3.8, 4) is 5.75 Å². The Hall–Kier alpha value is -1.86. The van der Waals surface area contributed by atoms with Crippen molar-refractivity contribution in [2.45, 2.75) is 19.3 Å². The monoisotopic (exact) mass is 343 g/mol. The molecule has 1 aliphatic heterocycles. The van der Waals surface area contributed by atoms with Gasteiger partial charge in [0.1, 0.15) is 5.75 Å². The molecule has 1 atom stereocenters. The van der Waals surface area contributed by atoms with Crippen LogP contribution in [0.15, 0.2) is 24.3 Å². The molecule has 2 rings (SSSR count). The summed E-state index contributed by atoms with van der Waals surface area (Å²) in [6, 6.07) is 5.81. The van der Waals surface area contributed by atoms with Crippen molar-refractivity contribution in [3.63, 3.8) is 0 Å². The molecule has 8 heteroatoms. The van der Waals surface area contributed by atoms with Crippen LogP contribution in [-0.4, -0.2) is 37.1 Å². The zero-order valence-corrected chi connectivity index (χ0v) is 13.6. The van der Waals surface area contributed by atoms with Crippen LogP contribution in [0.5, 0.6) is 5.75 Å². The Bertz CT molecular complexity index is 521. The summed E-state index contributed by atoms with van der Waals surface area (Å²) in [7, 11) is 0. The molecule has 0 spiro atoms. The van der Waals surface area contributed by atoms with Crippen molar-refractivity contribution in [3.05, 3.63) is 34.4 Å². The SMILES string of the molecule is Cl.O=C(COc1cccc([N+](=O)[O-])c1)NCCC1CCCNC1. The van der Waals surface area contributed by atoms with Gasteiger partial charge in [-0.1, -0.05) is 6.07 Å². The quantitative estimate of drug-likeness (QED) is 0.582. The molecular formula is C15H22ClN3O4. The highest BCUT2D eigenvalue weighted by molar-refractivity contribution is 5.85. The molecule has 1 aromatic carbocycles. The van der Waals surface area contributed by atoms with Gasteiger partial charge in [-0.15, -0.1) is 12.4 Å².